The normalized spacial score (nSPS) is 10.0. The summed E-state index contributed by atoms with van der Waals surface area (Å²) in [7, 11) is 0. The highest BCUT2D eigenvalue weighted by molar-refractivity contribution is 5.82. The zero-order valence-electron chi connectivity index (χ0n) is 6.62. The summed E-state index contributed by atoms with van der Waals surface area (Å²) < 4.78 is 4.83. The summed E-state index contributed by atoms with van der Waals surface area (Å²) >= 11 is 0. The smallest absolute Gasteiger partial charge is 0.331 e. The van der Waals surface area contributed by atoms with Crippen LogP contribution in [0, 0.1) is 0 Å². The third kappa shape index (κ3) is 4.14. The lowest BCUT2D eigenvalue weighted by Crippen LogP contribution is -2.10. The van der Waals surface area contributed by atoms with E-state index < -0.39 is 6.10 Å². The van der Waals surface area contributed by atoms with Gasteiger partial charge in [0.15, 0.2) is 0 Å². The Morgan fingerprint density at radius 3 is 2.36 bits per heavy atom. The van der Waals surface area contributed by atoms with Gasteiger partial charge < -0.3 is 4.74 Å². The van der Waals surface area contributed by atoms with Gasteiger partial charge in [0.2, 0.25) is 0 Å². The fourth-order valence-electron chi connectivity index (χ4n) is 0.502. The highest BCUT2D eigenvalue weighted by atomic mass is 16.5. The van der Waals surface area contributed by atoms with Crippen molar-refractivity contribution in [3.05, 3.63) is 37.5 Å². The second-order valence-corrected chi connectivity index (χ2v) is 1.87. The maximum atomic E-state index is 10.8. The molecule has 0 amide bonds. The molecule has 0 unspecified atom stereocenters. The van der Waals surface area contributed by atoms with E-state index in [1.807, 2.05) is 0 Å². The van der Waals surface area contributed by atoms with E-state index in [0.29, 0.717) is 0 Å². The molecule has 0 bridgehead atoms. The first-order valence-corrected chi connectivity index (χ1v) is 3.33. The maximum Gasteiger partial charge on any atom is 0.331 e. The van der Waals surface area contributed by atoms with Gasteiger partial charge in [-0.3, -0.25) is 0 Å². The van der Waals surface area contributed by atoms with Crippen molar-refractivity contribution in [2.24, 2.45) is 0 Å². The summed E-state index contributed by atoms with van der Waals surface area (Å²) in [5.41, 5.74) is 0. The topological polar surface area (TPSA) is 26.3 Å². The van der Waals surface area contributed by atoms with Gasteiger partial charge in [0.1, 0.15) is 6.10 Å². The van der Waals surface area contributed by atoms with Crippen molar-refractivity contribution in [3.63, 3.8) is 0 Å². The van der Waals surface area contributed by atoms with E-state index in [-0.39, 0.29) is 5.97 Å². The molecule has 2 nitrogen and oxygen atoms in total. The SMILES string of the molecule is C=CC(C=C)OC(=O)/C=C/C. The summed E-state index contributed by atoms with van der Waals surface area (Å²) in [5, 5.41) is 0. The molecule has 0 aliphatic carbocycles. The highest BCUT2D eigenvalue weighted by Gasteiger charge is 2.01. The van der Waals surface area contributed by atoms with Crippen molar-refractivity contribution in [1.29, 1.82) is 0 Å². The zero-order valence-corrected chi connectivity index (χ0v) is 6.62. The Bertz CT molecular complexity index is 172. The van der Waals surface area contributed by atoms with Crippen molar-refractivity contribution in [2.75, 3.05) is 0 Å². The van der Waals surface area contributed by atoms with Gasteiger partial charge in [0.05, 0.1) is 0 Å². The lowest BCUT2D eigenvalue weighted by atomic mass is 10.3. The molecule has 0 spiro atoms. The molecule has 0 radical (unpaired) electrons. The van der Waals surface area contributed by atoms with E-state index >= 15 is 0 Å². The number of esters is 1. The van der Waals surface area contributed by atoms with Gasteiger partial charge in [-0.1, -0.05) is 19.2 Å². The monoisotopic (exact) mass is 152 g/mol. The van der Waals surface area contributed by atoms with Gasteiger partial charge >= 0.3 is 5.97 Å². The minimum atomic E-state index is -0.390. The fourth-order valence-corrected chi connectivity index (χ4v) is 0.502. The Balaban J connectivity index is 3.90. The lowest BCUT2D eigenvalue weighted by Gasteiger charge is -2.05. The lowest BCUT2D eigenvalue weighted by molar-refractivity contribution is -0.139. The minimum absolute atomic E-state index is 0.377. The van der Waals surface area contributed by atoms with Crippen LogP contribution in [-0.4, -0.2) is 12.1 Å². The summed E-state index contributed by atoms with van der Waals surface area (Å²) in [4.78, 5) is 10.8. The van der Waals surface area contributed by atoms with Crippen LogP contribution in [0.25, 0.3) is 0 Å². The molecule has 60 valence electrons. The molecule has 0 N–H and O–H groups in total. The van der Waals surface area contributed by atoms with Crippen LogP contribution in [-0.2, 0) is 9.53 Å². The van der Waals surface area contributed by atoms with Gasteiger partial charge in [-0.25, -0.2) is 4.79 Å². The molecule has 0 saturated carbocycles. The number of hydrogen-bond donors (Lipinski definition) is 0. The van der Waals surface area contributed by atoms with Crippen LogP contribution >= 0.6 is 0 Å². The molecule has 2 heteroatoms. The highest BCUT2D eigenvalue weighted by Crippen LogP contribution is 1.95. The molecule has 0 aromatic carbocycles. The number of carbonyl (C=O) groups excluding carboxylic acids is 1. The Hall–Kier alpha value is -1.31. The van der Waals surface area contributed by atoms with Crippen LogP contribution in [0.2, 0.25) is 0 Å². The van der Waals surface area contributed by atoms with Crippen LogP contribution in [0.1, 0.15) is 6.92 Å². The van der Waals surface area contributed by atoms with E-state index in [9.17, 15) is 4.79 Å². The average molecular weight is 152 g/mol. The fraction of sp³-hybridized carbons (Fsp3) is 0.222. The number of rotatable bonds is 4. The number of hydrogen-bond acceptors (Lipinski definition) is 2. The summed E-state index contributed by atoms with van der Waals surface area (Å²) in [6, 6.07) is 0. The summed E-state index contributed by atoms with van der Waals surface area (Å²) in [6.45, 7) is 8.69. The summed E-state index contributed by atoms with van der Waals surface area (Å²) in [5.74, 6) is -0.377. The quantitative estimate of drug-likeness (QED) is 0.349. The van der Waals surface area contributed by atoms with Gasteiger partial charge in [0, 0.05) is 6.08 Å². The Kier molecular flexibility index (Phi) is 4.82. The van der Waals surface area contributed by atoms with Crippen molar-refractivity contribution in [1.82, 2.24) is 0 Å². The Labute approximate surface area is 66.9 Å². The number of ether oxygens (including phenoxy) is 1. The third-order valence-electron chi connectivity index (χ3n) is 1.02. The molecular formula is C9H12O2. The van der Waals surface area contributed by atoms with Gasteiger partial charge in [0.25, 0.3) is 0 Å². The zero-order chi connectivity index (χ0) is 8.69. The maximum absolute atomic E-state index is 10.8. The van der Waals surface area contributed by atoms with E-state index in [2.05, 4.69) is 13.2 Å². The van der Waals surface area contributed by atoms with Gasteiger partial charge in [-0.15, -0.1) is 0 Å². The number of carbonyl (C=O) groups is 1. The molecule has 0 rings (SSSR count). The first kappa shape index (κ1) is 9.69. The molecule has 0 aromatic heterocycles. The predicted molar refractivity (Wildman–Crippen MR) is 45.1 cm³/mol. The van der Waals surface area contributed by atoms with Crippen molar-refractivity contribution < 1.29 is 9.53 Å². The molecule has 0 heterocycles. The predicted octanol–water partition coefficient (Wildman–Crippen LogP) is 1.85. The van der Waals surface area contributed by atoms with Crippen molar-refractivity contribution in [3.8, 4) is 0 Å². The van der Waals surface area contributed by atoms with E-state index in [1.165, 1.54) is 18.2 Å². The molecule has 0 atom stereocenters. The molecule has 0 aliphatic heterocycles. The van der Waals surface area contributed by atoms with Crippen molar-refractivity contribution >= 4 is 5.97 Å². The average Bonchev–Trinajstić information content (AvgIpc) is 2.01. The van der Waals surface area contributed by atoms with Crippen LogP contribution < -0.4 is 0 Å². The van der Waals surface area contributed by atoms with E-state index in [4.69, 9.17) is 4.74 Å². The molecule has 0 fully saturated rings. The largest absolute Gasteiger partial charge is 0.451 e. The molecule has 11 heavy (non-hydrogen) atoms. The first-order valence-electron chi connectivity index (χ1n) is 3.33. The second-order valence-electron chi connectivity index (χ2n) is 1.87. The van der Waals surface area contributed by atoms with Crippen LogP contribution in [0.5, 0.6) is 0 Å². The Morgan fingerprint density at radius 2 is 2.00 bits per heavy atom. The number of allylic oxidation sites excluding steroid dienone is 1. The van der Waals surface area contributed by atoms with Gasteiger partial charge in [-0.05, 0) is 19.1 Å². The molecular weight excluding hydrogens is 140 g/mol. The van der Waals surface area contributed by atoms with Crippen LogP contribution in [0.3, 0.4) is 0 Å². The molecule has 0 aromatic rings. The van der Waals surface area contributed by atoms with Crippen molar-refractivity contribution in [2.45, 2.75) is 13.0 Å². The van der Waals surface area contributed by atoms with Crippen LogP contribution in [0.4, 0.5) is 0 Å². The second kappa shape index (κ2) is 5.47. The molecule has 0 saturated heterocycles. The first-order chi connectivity index (χ1) is 5.24. The minimum Gasteiger partial charge on any atom is -0.451 e. The standard InChI is InChI=1S/C9H12O2/c1-4-7-9(10)11-8(5-2)6-3/h4-8H,2-3H2,1H3/b7-4+. The molecule has 0 aliphatic rings. The summed E-state index contributed by atoms with van der Waals surface area (Å²) in [6.07, 6.45) is 5.59. The van der Waals surface area contributed by atoms with E-state index in [0.717, 1.165) is 0 Å². The third-order valence-corrected chi connectivity index (χ3v) is 1.02. The Morgan fingerprint density at radius 1 is 1.45 bits per heavy atom. The van der Waals surface area contributed by atoms with Gasteiger partial charge in [-0.2, -0.15) is 0 Å². The van der Waals surface area contributed by atoms with Crippen LogP contribution in [0.15, 0.2) is 37.5 Å². The van der Waals surface area contributed by atoms with E-state index in [1.54, 1.807) is 13.0 Å².